The van der Waals surface area contributed by atoms with Crippen LogP contribution in [0.5, 0.6) is 0 Å². The van der Waals surface area contributed by atoms with E-state index < -0.39 is 32.5 Å². The van der Waals surface area contributed by atoms with Gasteiger partial charge in [-0.2, -0.15) is 0 Å². The van der Waals surface area contributed by atoms with Gasteiger partial charge >= 0.3 is 19.8 Å². The summed E-state index contributed by atoms with van der Waals surface area (Å²) in [6, 6.07) is 0. The first-order valence-corrected chi connectivity index (χ1v) is 26.0. The van der Waals surface area contributed by atoms with Crippen molar-refractivity contribution in [3.05, 3.63) is 48.6 Å². The Morgan fingerprint density at radius 2 is 1.10 bits per heavy atom. The highest BCUT2D eigenvalue weighted by atomic mass is 31.2. The fourth-order valence-electron chi connectivity index (χ4n) is 6.80. The van der Waals surface area contributed by atoms with Crippen molar-refractivity contribution >= 4 is 19.8 Å². The van der Waals surface area contributed by atoms with Crippen LogP contribution in [-0.4, -0.2) is 87.1 Å². The predicted molar refractivity (Wildman–Crippen MR) is 251 cm³/mol. The van der Waals surface area contributed by atoms with Crippen LogP contribution >= 0.6 is 7.82 Å². The van der Waals surface area contributed by atoms with Crippen LogP contribution in [-0.2, 0) is 37.4 Å². The van der Waals surface area contributed by atoms with E-state index in [1.807, 2.05) is 21.1 Å². The summed E-state index contributed by atoms with van der Waals surface area (Å²) < 4.78 is 40.2. The number of unbranched alkanes of at least 4 members (excludes halogenated alkanes) is 18. The Kier molecular flexibility index (Phi) is 35.8. The molecule has 0 aromatic carbocycles. The van der Waals surface area contributed by atoms with Crippen molar-refractivity contribution in [1.29, 1.82) is 0 Å². The summed E-state index contributed by atoms with van der Waals surface area (Å²) in [7, 11) is 1.43. The van der Waals surface area contributed by atoms with Crippen molar-refractivity contribution in [1.82, 2.24) is 0 Å². The molecule has 0 aromatic heterocycles. The zero-order valence-electron chi connectivity index (χ0n) is 39.6. The van der Waals surface area contributed by atoms with Crippen LogP contribution in [0.25, 0.3) is 0 Å². The van der Waals surface area contributed by atoms with Gasteiger partial charge in [-0.1, -0.05) is 152 Å². The largest absolute Gasteiger partial charge is 0.472 e. The van der Waals surface area contributed by atoms with Gasteiger partial charge in [0.05, 0.1) is 40.0 Å². The smallest absolute Gasteiger partial charge is 0.462 e. The molecule has 4 atom stereocenters. The van der Waals surface area contributed by atoms with E-state index in [9.17, 15) is 19.0 Å². The first-order valence-electron chi connectivity index (χ1n) is 24.5. The number of epoxide rings is 1. The molecule has 11 heteroatoms. The number of carbonyl (C=O) groups excluding carboxylic acids is 2. The van der Waals surface area contributed by atoms with Crippen molar-refractivity contribution in [2.24, 2.45) is 0 Å². The maximum Gasteiger partial charge on any atom is 0.472 e. The molecule has 1 N–H and O–H groups in total. The molecule has 61 heavy (non-hydrogen) atoms. The quantitative estimate of drug-likeness (QED) is 0.0159. The number of nitrogens with zero attached hydrogens (tertiary/aromatic N) is 1. The van der Waals surface area contributed by atoms with Crippen LogP contribution in [0.3, 0.4) is 0 Å². The average Bonchev–Trinajstić information content (AvgIpc) is 3.97. The van der Waals surface area contributed by atoms with Crippen LogP contribution in [0.2, 0.25) is 0 Å². The van der Waals surface area contributed by atoms with E-state index in [0.29, 0.717) is 23.9 Å². The first-order chi connectivity index (χ1) is 29.5. The highest BCUT2D eigenvalue weighted by Crippen LogP contribution is 2.43. The Morgan fingerprint density at radius 1 is 0.607 bits per heavy atom. The lowest BCUT2D eigenvalue weighted by Gasteiger charge is -2.24. The monoisotopic (exact) mass is 881 g/mol. The third-order valence-electron chi connectivity index (χ3n) is 10.8. The second kappa shape index (κ2) is 38.4. The van der Waals surface area contributed by atoms with E-state index in [4.69, 9.17) is 23.3 Å². The van der Waals surface area contributed by atoms with Gasteiger partial charge in [-0.3, -0.25) is 18.6 Å². The normalized spacial score (nSPS) is 17.2. The molecule has 1 fully saturated rings. The Labute approximate surface area is 373 Å². The molecule has 1 rings (SSSR count). The van der Waals surface area contributed by atoms with E-state index in [2.05, 4.69) is 62.5 Å². The summed E-state index contributed by atoms with van der Waals surface area (Å²) in [5, 5.41) is 0. The Balaban J connectivity index is 2.29. The van der Waals surface area contributed by atoms with Gasteiger partial charge in [0, 0.05) is 12.8 Å². The molecule has 0 aromatic rings. The summed E-state index contributed by atoms with van der Waals surface area (Å²) >= 11 is 0. The average molecular weight is 881 g/mol. The number of carbonyl (C=O) groups is 2. The third kappa shape index (κ3) is 39.3. The van der Waals surface area contributed by atoms with Gasteiger partial charge in [-0.25, -0.2) is 4.57 Å². The number of ether oxygens (including phenoxy) is 3. The van der Waals surface area contributed by atoms with E-state index in [1.54, 1.807) is 0 Å². The maximum absolute atomic E-state index is 12.8. The zero-order valence-corrected chi connectivity index (χ0v) is 40.5. The van der Waals surface area contributed by atoms with Gasteiger partial charge in [0.25, 0.3) is 0 Å². The predicted octanol–water partition coefficient (Wildman–Crippen LogP) is 13.2. The highest BCUT2D eigenvalue weighted by Gasteiger charge is 2.36. The lowest BCUT2D eigenvalue weighted by Crippen LogP contribution is -2.37. The molecule has 354 valence electrons. The minimum absolute atomic E-state index is 0.0181. The van der Waals surface area contributed by atoms with Crippen molar-refractivity contribution in [3.63, 3.8) is 0 Å². The lowest BCUT2D eigenvalue weighted by atomic mass is 10.1. The Morgan fingerprint density at radius 3 is 1.70 bits per heavy atom. The van der Waals surface area contributed by atoms with Crippen LogP contribution in [0, 0.1) is 0 Å². The third-order valence-corrected chi connectivity index (χ3v) is 11.7. The SMILES string of the molecule is CCCCC/C=C\C/C=C\C/C=C\CC1OC1CCCC(=O)OC[C@H](COP(=O)(O)OCC[N+](C)(C)C)OC(=O)CCCCCCCCCCC/C=C\CCCCCCCC. The number of quaternary nitrogens is 1. The molecule has 1 heterocycles. The minimum Gasteiger partial charge on any atom is -0.462 e. The molecule has 1 aliphatic rings. The molecule has 3 unspecified atom stereocenters. The fourth-order valence-corrected chi connectivity index (χ4v) is 7.54. The van der Waals surface area contributed by atoms with Crippen molar-refractivity contribution in [3.8, 4) is 0 Å². The highest BCUT2D eigenvalue weighted by molar-refractivity contribution is 7.47. The van der Waals surface area contributed by atoms with Crippen LogP contribution in [0.1, 0.15) is 194 Å². The molecular formula is C50H91NO9P+. The van der Waals surface area contributed by atoms with Gasteiger partial charge in [0.2, 0.25) is 0 Å². The molecule has 10 nitrogen and oxygen atoms in total. The molecule has 1 aliphatic heterocycles. The summed E-state index contributed by atoms with van der Waals surface area (Å²) in [6.07, 6.45) is 47.5. The number of likely N-dealkylation sites (N-methyl/N-ethyl adjacent to an activating group) is 1. The molecular weight excluding hydrogens is 790 g/mol. The topological polar surface area (TPSA) is 121 Å². The number of phosphoric ester groups is 1. The molecule has 0 amide bonds. The number of hydrogen-bond acceptors (Lipinski definition) is 8. The van der Waals surface area contributed by atoms with Crippen LogP contribution in [0.15, 0.2) is 48.6 Å². The minimum atomic E-state index is -4.40. The van der Waals surface area contributed by atoms with Crippen LogP contribution in [0.4, 0.5) is 0 Å². The summed E-state index contributed by atoms with van der Waals surface area (Å²) in [5.74, 6) is -0.875. The molecule has 0 aliphatic carbocycles. The Hall–Kier alpha value is -2.07. The number of esters is 2. The summed E-state index contributed by atoms with van der Waals surface area (Å²) in [4.78, 5) is 35.6. The van der Waals surface area contributed by atoms with Crippen LogP contribution < -0.4 is 0 Å². The maximum atomic E-state index is 12.8. The van der Waals surface area contributed by atoms with Crippen molar-refractivity contribution in [2.75, 3.05) is 47.5 Å². The molecule has 1 saturated heterocycles. The molecule has 0 radical (unpaired) electrons. The first kappa shape index (κ1) is 56.9. The fraction of sp³-hybridized carbons (Fsp3) is 0.800. The number of allylic oxidation sites excluding steroid dienone is 7. The van der Waals surface area contributed by atoms with Crippen molar-refractivity contribution < 1.29 is 46.8 Å². The summed E-state index contributed by atoms with van der Waals surface area (Å²) in [6.45, 7) is 4.31. The van der Waals surface area contributed by atoms with E-state index in [1.165, 1.54) is 109 Å². The van der Waals surface area contributed by atoms with Gasteiger partial charge in [-0.15, -0.1) is 0 Å². The van der Waals surface area contributed by atoms with E-state index in [0.717, 1.165) is 44.9 Å². The van der Waals surface area contributed by atoms with Crippen molar-refractivity contribution in [2.45, 2.75) is 212 Å². The van der Waals surface area contributed by atoms with Gasteiger partial charge in [0.15, 0.2) is 6.10 Å². The number of rotatable bonds is 43. The van der Waals surface area contributed by atoms with E-state index in [-0.39, 0.29) is 38.3 Å². The lowest BCUT2D eigenvalue weighted by molar-refractivity contribution is -0.870. The second-order valence-electron chi connectivity index (χ2n) is 17.9. The van der Waals surface area contributed by atoms with E-state index >= 15 is 0 Å². The number of hydrogen-bond donors (Lipinski definition) is 1. The summed E-state index contributed by atoms with van der Waals surface area (Å²) in [5.41, 5.74) is 0. The molecule has 0 bridgehead atoms. The molecule has 0 saturated carbocycles. The standard InChI is InChI=1S/C50H90NO9P/c1-6-8-10-12-14-16-18-20-21-22-23-24-25-26-28-30-32-34-36-40-50(53)59-46(45-58-61(54,55)57-43-42-51(3,4)5)44-56-49(52)41-37-39-48-47(60-48)38-35-33-31-29-27-19-17-15-13-11-9-7-2/h15,17,20-21,27,29,33,35,46-48H,6-14,16,18-19,22-26,28,30-32,34,36-45H2,1-5H3/p+1/b17-15-,21-20-,29-27-,35-33-/t46-,47?,48?/m1/s1. The van der Waals surface area contributed by atoms with Gasteiger partial charge in [-0.05, 0) is 77.0 Å². The second-order valence-corrected chi connectivity index (χ2v) is 19.3. The van der Waals surface area contributed by atoms with Gasteiger partial charge in [0.1, 0.15) is 19.8 Å². The zero-order chi connectivity index (χ0) is 44.7. The molecule has 0 spiro atoms. The number of phosphoric acid groups is 1. The Bertz CT molecular complexity index is 1240. The van der Waals surface area contributed by atoms with Gasteiger partial charge < -0.3 is 23.6 Å².